The highest BCUT2D eigenvalue weighted by Gasteiger charge is 2.50. The molecule has 0 aromatic heterocycles. The molecular weight excluding hydrogens is 235 g/mol. The average Bonchev–Trinajstić information content (AvgIpc) is 3.12. The normalized spacial score (nSPS) is 19.9. The zero-order valence-electron chi connectivity index (χ0n) is 10.5. The van der Waals surface area contributed by atoms with Crippen LogP contribution in [0.3, 0.4) is 0 Å². The van der Waals surface area contributed by atoms with Crippen LogP contribution in [-0.4, -0.2) is 23.9 Å². The fourth-order valence-electron chi connectivity index (χ4n) is 2.50. The van der Waals surface area contributed by atoms with Crippen molar-refractivity contribution in [2.24, 2.45) is 5.92 Å². The van der Waals surface area contributed by atoms with Crippen LogP contribution in [0.4, 0.5) is 4.39 Å². The summed E-state index contributed by atoms with van der Waals surface area (Å²) in [7, 11) is 1.19. The van der Waals surface area contributed by atoms with Crippen LogP contribution >= 0.6 is 0 Å². The van der Waals surface area contributed by atoms with Crippen molar-refractivity contribution in [3.8, 4) is 5.75 Å². The first-order valence-electron chi connectivity index (χ1n) is 6.03. The van der Waals surface area contributed by atoms with Gasteiger partial charge in [-0.25, -0.2) is 9.18 Å². The molecule has 0 amide bonds. The van der Waals surface area contributed by atoms with Gasteiger partial charge < -0.3 is 9.84 Å². The molecule has 0 unspecified atom stereocenters. The molecule has 0 radical (unpaired) electrons. The van der Waals surface area contributed by atoms with Crippen molar-refractivity contribution in [3.63, 3.8) is 0 Å². The van der Waals surface area contributed by atoms with E-state index in [1.54, 1.807) is 12.1 Å². The van der Waals surface area contributed by atoms with Crippen LogP contribution in [0.25, 0.3) is 0 Å². The van der Waals surface area contributed by atoms with Crippen molar-refractivity contribution in [2.45, 2.75) is 31.4 Å². The lowest BCUT2D eigenvalue weighted by Gasteiger charge is -2.28. The number of methoxy groups -OCH3 is 1. The molecule has 1 aliphatic rings. The van der Waals surface area contributed by atoms with Gasteiger partial charge in [0, 0.05) is 5.92 Å². The van der Waals surface area contributed by atoms with Gasteiger partial charge in [-0.05, 0) is 43.4 Å². The predicted molar refractivity (Wildman–Crippen MR) is 65.1 cm³/mol. The number of phenolic OH excluding ortho intramolecular Hbond substituents is 1. The molecule has 1 fully saturated rings. The topological polar surface area (TPSA) is 46.5 Å². The molecule has 4 heteroatoms. The maximum absolute atomic E-state index is 14.7. The maximum Gasteiger partial charge on any atom is 0.343 e. The Morgan fingerprint density at radius 3 is 2.72 bits per heavy atom. The molecule has 3 nitrogen and oxygen atoms in total. The largest absolute Gasteiger partial charge is 0.508 e. The Hall–Kier alpha value is -1.58. The number of carbonyl (C=O) groups is 1. The highest BCUT2D eigenvalue weighted by molar-refractivity contribution is 5.80. The summed E-state index contributed by atoms with van der Waals surface area (Å²) < 4.78 is 19.2. The number of hydrogen-bond acceptors (Lipinski definition) is 3. The summed E-state index contributed by atoms with van der Waals surface area (Å²) in [5.74, 6) is -1.19. The van der Waals surface area contributed by atoms with Gasteiger partial charge in [-0.3, -0.25) is 0 Å². The van der Waals surface area contributed by atoms with Gasteiger partial charge in [-0.2, -0.15) is 0 Å². The fourth-order valence-corrected chi connectivity index (χ4v) is 2.50. The van der Waals surface area contributed by atoms with Gasteiger partial charge in [0.05, 0.1) is 7.11 Å². The molecule has 0 heterocycles. The zero-order valence-corrected chi connectivity index (χ0v) is 10.5. The SMILES string of the molecule is COC(=O)[C@](C)(F)[C@H](c1cccc(O)c1)C1CC1. The molecular formula is C14H17FO3. The Kier molecular flexibility index (Phi) is 3.28. The summed E-state index contributed by atoms with van der Waals surface area (Å²) >= 11 is 0. The molecule has 1 N–H and O–H groups in total. The molecule has 1 saturated carbocycles. The number of aromatic hydroxyl groups is 1. The highest BCUT2D eigenvalue weighted by Crippen LogP contribution is 2.50. The van der Waals surface area contributed by atoms with Crippen LogP contribution in [0.1, 0.15) is 31.2 Å². The number of alkyl halides is 1. The number of carbonyl (C=O) groups excluding carboxylic acids is 1. The molecule has 0 bridgehead atoms. The lowest BCUT2D eigenvalue weighted by Crippen LogP contribution is -2.39. The standard InChI is InChI=1S/C14H17FO3/c1-14(15,13(17)18-2)12(9-6-7-9)10-4-3-5-11(16)8-10/h3-5,8-9,12,16H,6-7H2,1-2H3/t12-,14+/m0/s1. The van der Waals surface area contributed by atoms with Crippen LogP contribution in [0.5, 0.6) is 5.75 Å². The summed E-state index contributed by atoms with van der Waals surface area (Å²) in [5.41, 5.74) is -1.42. The van der Waals surface area contributed by atoms with Crippen LogP contribution in [0.15, 0.2) is 24.3 Å². The van der Waals surface area contributed by atoms with Crippen molar-refractivity contribution in [1.29, 1.82) is 0 Å². The minimum atomic E-state index is -2.07. The van der Waals surface area contributed by atoms with Crippen molar-refractivity contribution >= 4 is 5.97 Å². The Morgan fingerprint density at radius 1 is 1.56 bits per heavy atom. The van der Waals surface area contributed by atoms with Crippen LogP contribution < -0.4 is 0 Å². The van der Waals surface area contributed by atoms with E-state index in [1.807, 2.05) is 0 Å². The second-order valence-electron chi connectivity index (χ2n) is 4.98. The van der Waals surface area contributed by atoms with Gasteiger partial charge in [0.2, 0.25) is 5.67 Å². The van der Waals surface area contributed by atoms with Gasteiger partial charge in [0.1, 0.15) is 5.75 Å². The lowest BCUT2D eigenvalue weighted by molar-refractivity contribution is -0.155. The molecule has 1 aromatic carbocycles. The molecule has 98 valence electrons. The number of phenols is 1. The van der Waals surface area contributed by atoms with E-state index in [4.69, 9.17) is 0 Å². The molecule has 2 rings (SSSR count). The number of rotatable bonds is 4. The first kappa shape index (κ1) is 12.9. The summed E-state index contributed by atoms with van der Waals surface area (Å²) in [4.78, 5) is 11.6. The Balaban J connectivity index is 2.37. The van der Waals surface area contributed by atoms with E-state index in [1.165, 1.54) is 26.2 Å². The Bertz CT molecular complexity index is 452. The molecule has 0 aliphatic heterocycles. The zero-order chi connectivity index (χ0) is 13.3. The minimum absolute atomic E-state index is 0.0822. The maximum atomic E-state index is 14.7. The van der Waals surface area contributed by atoms with E-state index in [0.29, 0.717) is 5.56 Å². The van der Waals surface area contributed by atoms with Crippen LogP contribution in [-0.2, 0) is 9.53 Å². The van der Waals surface area contributed by atoms with Crippen molar-refractivity contribution in [3.05, 3.63) is 29.8 Å². The number of hydrogen-bond donors (Lipinski definition) is 1. The molecule has 1 aliphatic carbocycles. The van der Waals surface area contributed by atoms with Gasteiger partial charge >= 0.3 is 5.97 Å². The van der Waals surface area contributed by atoms with Crippen molar-refractivity contribution < 1.29 is 19.0 Å². The third kappa shape index (κ3) is 2.33. The second-order valence-corrected chi connectivity index (χ2v) is 4.98. The van der Waals surface area contributed by atoms with Gasteiger partial charge in [0.15, 0.2) is 0 Å². The Morgan fingerprint density at radius 2 is 2.22 bits per heavy atom. The lowest BCUT2D eigenvalue weighted by atomic mass is 9.81. The van der Waals surface area contributed by atoms with Gasteiger partial charge in [-0.15, -0.1) is 0 Å². The van der Waals surface area contributed by atoms with E-state index in [9.17, 15) is 14.3 Å². The molecule has 18 heavy (non-hydrogen) atoms. The van der Waals surface area contributed by atoms with E-state index in [-0.39, 0.29) is 11.7 Å². The first-order valence-corrected chi connectivity index (χ1v) is 6.03. The quantitative estimate of drug-likeness (QED) is 0.838. The summed E-state index contributed by atoms with van der Waals surface area (Å²) in [6, 6.07) is 6.45. The smallest absolute Gasteiger partial charge is 0.343 e. The van der Waals surface area contributed by atoms with E-state index in [2.05, 4.69) is 4.74 Å². The van der Waals surface area contributed by atoms with Crippen LogP contribution in [0.2, 0.25) is 0 Å². The van der Waals surface area contributed by atoms with E-state index in [0.717, 1.165) is 12.8 Å². The molecule has 0 spiro atoms. The summed E-state index contributed by atoms with van der Waals surface area (Å²) in [6.45, 7) is 1.26. The number of ether oxygens (including phenoxy) is 1. The van der Waals surface area contributed by atoms with Crippen LogP contribution in [0, 0.1) is 5.92 Å². The van der Waals surface area contributed by atoms with Gasteiger partial charge in [-0.1, -0.05) is 12.1 Å². The molecule has 1 aromatic rings. The third-order valence-corrected chi connectivity index (χ3v) is 3.49. The predicted octanol–water partition coefficient (Wildman–Crippen LogP) is 2.79. The summed E-state index contributed by atoms with van der Waals surface area (Å²) in [6.07, 6.45) is 1.80. The number of esters is 1. The average molecular weight is 252 g/mol. The number of halogens is 1. The number of benzene rings is 1. The van der Waals surface area contributed by atoms with Crippen molar-refractivity contribution in [1.82, 2.24) is 0 Å². The third-order valence-electron chi connectivity index (χ3n) is 3.49. The monoisotopic (exact) mass is 252 g/mol. The molecule has 0 saturated heterocycles. The first-order chi connectivity index (χ1) is 8.46. The van der Waals surface area contributed by atoms with Gasteiger partial charge in [0.25, 0.3) is 0 Å². The minimum Gasteiger partial charge on any atom is -0.508 e. The summed E-state index contributed by atoms with van der Waals surface area (Å²) in [5, 5.41) is 9.49. The highest BCUT2D eigenvalue weighted by atomic mass is 19.1. The Labute approximate surface area is 106 Å². The van der Waals surface area contributed by atoms with E-state index < -0.39 is 17.6 Å². The second kappa shape index (κ2) is 4.59. The fraction of sp³-hybridized carbons (Fsp3) is 0.500. The molecule has 2 atom stereocenters. The van der Waals surface area contributed by atoms with E-state index >= 15 is 0 Å². The van der Waals surface area contributed by atoms with Crippen molar-refractivity contribution in [2.75, 3.05) is 7.11 Å².